The quantitative estimate of drug-likeness (QED) is 0.108. The molecule has 0 saturated carbocycles. The highest BCUT2D eigenvalue weighted by atomic mass is 28.3. The SMILES string of the molecule is CCCCOC(=O)N[C@H](C(O[Si](C)C)c1ccccc1)[C@@H](C[C@H](Cc1cccc(C)c1)C(=O)N[C@H](C(=O)N1CCC(NC)CC1)C(C)C)C(C)(C)C. The number of benzene rings is 2. The number of amides is 3. The molecule has 2 aromatic carbocycles. The summed E-state index contributed by atoms with van der Waals surface area (Å²) in [7, 11) is 0.742. The molecule has 1 radical (unpaired) electrons. The van der Waals surface area contributed by atoms with E-state index in [0.29, 0.717) is 38.6 Å². The number of likely N-dealkylation sites (tertiary alicyclic amines) is 1. The van der Waals surface area contributed by atoms with Crippen LogP contribution < -0.4 is 16.0 Å². The van der Waals surface area contributed by atoms with E-state index in [2.05, 4.69) is 81.9 Å². The lowest BCUT2D eigenvalue weighted by atomic mass is 9.69. The molecule has 1 aliphatic rings. The molecule has 0 spiro atoms. The fourth-order valence-corrected chi connectivity index (χ4v) is 8.03. The Morgan fingerprint density at radius 2 is 1.65 bits per heavy atom. The highest BCUT2D eigenvalue weighted by Gasteiger charge is 2.43. The van der Waals surface area contributed by atoms with Crippen molar-refractivity contribution in [1.29, 1.82) is 0 Å². The van der Waals surface area contributed by atoms with Crippen molar-refractivity contribution < 1.29 is 23.5 Å². The predicted molar refractivity (Wildman–Crippen MR) is 212 cm³/mol. The summed E-state index contributed by atoms with van der Waals surface area (Å²) in [5.41, 5.74) is 2.79. The third-order valence-corrected chi connectivity index (χ3v) is 11.0. The number of alkyl carbamates (subject to hydrolysis) is 1. The van der Waals surface area contributed by atoms with Crippen molar-refractivity contribution in [2.24, 2.45) is 23.2 Å². The molecular weight excluding hydrogens is 669 g/mol. The van der Waals surface area contributed by atoms with Crippen molar-refractivity contribution in [1.82, 2.24) is 20.9 Å². The number of hydrogen-bond acceptors (Lipinski definition) is 6. The number of piperidine rings is 1. The number of nitrogens with one attached hydrogen (secondary N) is 3. The normalized spacial score (nSPS) is 17.0. The second kappa shape index (κ2) is 20.9. The molecule has 5 atom stereocenters. The lowest BCUT2D eigenvalue weighted by Crippen LogP contribution is -2.56. The topological polar surface area (TPSA) is 109 Å². The van der Waals surface area contributed by atoms with Crippen molar-refractivity contribution in [2.45, 2.75) is 124 Å². The van der Waals surface area contributed by atoms with Gasteiger partial charge in [0.05, 0.1) is 18.8 Å². The molecule has 9 nitrogen and oxygen atoms in total. The Bertz CT molecular complexity index is 1390. The van der Waals surface area contributed by atoms with Gasteiger partial charge in [-0.1, -0.05) is 108 Å². The summed E-state index contributed by atoms with van der Waals surface area (Å²) in [5.74, 6) is -0.960. The van der Waals surface area contributed by atoms with Crippen LogP contribution in [0.3, 0.4) is 0 Å². The summed E-state index contributed by atoms with van der Waals surface area (Å²) in [6, 6.07) is 17.6. The van der Waals surface area contributed by atoms with Gasteiger partial charge in [-0.2, -0.15) is 0 Å². The van der Waals surface area contributed by atoms with Crippen molar-refractivity contribution in [3.63, 3.8) is 0 Å². The maximum Gasteiger partial charge on any atom is 0.407 e. The van der Waals surface area contributed by atoms with Crippen molar-refractivity contribution in [2.75, 3.05) is 26.7 Å². The summed E-state index contributed by atoms with van der Waals surface area (Å²) in [6.45, 7) is 20.5. The van der Waals surface area contributed by atoms with Crippen LogP contribution in [0, 0.1) is 30.1 Å². The van der Waals surface area contributed by atoms with Gasteiger partial charge in [-0.25, -0.2) is 4.79 Å². The smallest absolute Gasteiger partial charge is 0.407 e. The summed E-state index contributed by atoms with van der Waals surface area (Å²) in [4.78, 5) is 44.1. The van der Waals surface area contributed by atoms with Crippen molar-refractivity contribution >= 4 is 26.9 Å². The minimum Gasteiger partial charge on any atom is -0.450 e. The third-order valence-electron chi connectivity index (χ3n) is 10.3. The lowest BCUT2D eigenvalue weighted by Gasteiger charge is -2.43. The first-order chi connectivity index (χ1) is 24.6. The molecule has 1 fully saturated rings. The van der Waals surface area contributed by atoms with Crippen LogP contribution in [0.25, 0.3) is 0 Å². The maximum absolute atomic E-state index is 14.7. The molecule has 10 heteroatoms. The van der Waals surface area contributed by atoms with E-state index in [9.17, 15) is 14.4 Å². The Morgan fingerprint density at radius 1 is 0.981 bits per heavy atom. The van der Waals surface area contributed by atoms with Crippen LogP contribution in [0.15, 0.2) is 54.6 Å². The number of carbonyl (C=O) groups is 3. The van der Waals surface area contributed by atoms with E-state index >= 15 is 0 Å². The molecule has 2 aromatic rings. The van der Waals surface area contributed by atoms with E-state index in [4.69, 9.17) is 9.16 Å². The summed E-state index contributed by atoms with van der Waals surface area (Å²) < 4.78 is 12.4. The average molecular weight is 736 g/mol. The van der Waals surface area contributed by atoms with Gasteiger partial charge in [-0.15, -0.1) is 0 Å². The van der Waals surface area contributed by atoms with Gasteiger partial charge in [0, 0.05) is 25.0 Å². The van der Waals surface area contributed by atoms with Crippen LogP contribution in [-0.2, 0) is 25.2 Å². The number of aryl methyl sites for hydroxylation is 1. The standard InChI is InChI=1S/C42H67N4O5Si/c1-11-12-25-50-41(49)45-37(38(51-52(9)10)32-19-14-13-15-20-32)35(42(5,6)7)28-33(27-31-18-16-17-30(4)26-31)39(47)44-36(29(2)3)40(48)46-23-21-34(43-8)22-24-46/h13-20,26,29,33-38,43H,11-12,21-25,27-28H2,1-10H3,(H,44,47)(H,45,49)/t33-,35+,36-,37-,38?/m0/s1. The fraction of sp³-hybridized carbons (Fsp3) is 0.643. The van der Waals surface area contributed by atoms with E-state index in [1.54, 1.807) is 0 Å². The average Bonchev–Trinajstić information content (AvgIpc) is 3.10. The number of unbranched alkanes of at least 4 members (excludes halogenated alkanes) is 1. The van der Waals surface area contributed by atoms with Gasteiger partial charge in [0.2, 0.25) is 20.9 Å². The van der Waals surface area contributed by atoms with Crippen molar-refractivity contribution in [3.05, 3.63) is 71.3 Å². The van der Waals surface area contributed by atoms with Gasteiger partial charge in [0.15, 0.2) is 0 Å². The predicted octanol–water partition coefficient (Wildman–Crippen LogP) is 7.46. The first-order valence-electron chi connectivity index (χ1n) is 19.4. The van der Waals surface area contributed by atoms with Gasteiger partial charge in [0.25, 0.3) is 0 Å². The molecule has 3 amide bonds. The largest absolute Gasteiger partial charge is 0.450 e. The summed E-state index contributed by atoms with van der Waals surface area (Å²) in [5, 5.41) is 9.85. The molecule has 3 rings (SSSR count). The van der Waals surface area contributed by atoms with Crippen LogP contribution in [0.1, 0.15) is 96.4 Å². The first kappa shape index (κ1) is 43.2. The van der Waals surface area contributed by atoms with Crippen molar-refractivity contribution in [3.8, 4) is 0 Å². The third kappa shape index (κ3) is 13.3. The second-order valence-corrected chi connectivity index (χ2v) is 18.3. The van der Waals surface area contributed by atoms with Crippen LogP contribution in [0.5, 0.6) is 0 Å². The zero-order valence-corrected chi connectivity index (χ0v) is 34.6. The number of nitrogens with zero attached hydrogens (tertiary/aromatic N) is 1. The molecule has 0 bridgehead atoms. The molecule has 0 aliphatic carbocycles. The molecule has 3 N–H and O–H groups in total. The van der Waals surface area contributed by atoms with Gasteiger partial charge in [-0.3, -0.25) is 9.59 Å². The molecule has 1 saturated heterocycles. The van der Waals surface area contributed by atoms with Crippen LogP contribution in [-0.4, -0.2) is 76.7 Å². The maximum atomic E-state index is 14.7. The van der Waals surface area contributed by atoms with E-state index in [-0.39, 0.29) is 29.1 Å². The molecule has 1 unspecified atom stereocenters. The molecule has 289 valence electrons. The first-order valence-corrected chi connectivity index (χ1v) is 21.8. The monoisotopic (exact) mass is 735 g/mol. The minimum absolute atomic E-state index is 0.0212. The minimum atomic E-state index is -1.22. The van der Waals surface area contributed by atoms with Gasteiger partial charge < -0.3 is 30.0 Å². The fourth-order valence-electron chi connectivity index (χ4n) is 7.24. The van der Waals surface area contributed by atoms with Gasteiger partial charge in [-0.05, 0) is 87.5 Å². The Kier molecular flexibility index (Phi) is 17.3. The Hall–Kier alpha value is -3.21. The molecule has 0 aromatic heterocycles. The molecular formula is C42H67N4O5Si. The highest BCUT2D eigenvalue weighted by molar-refractivity contribution is 6.48. The van der Waals surface area contributed by atoms with Gasteiger partial charge in [0.1, 0.15) is 6.04 Å². The lowest BCUT2D eigenvalue weighted by molar-refractivity contribution is -0.140. The number of hydrogen-bond donors (Lipinski definition) is 3. The van der Waals surface area contributed by atoms with Crippen LogP contribution >= 0.6 is 0 Å². The number of carbonyl (C=O) groups excluding carboxylic acids is 3. The van der Waals surface area contributed by atoms with E-state index < -0.39 is 39.2 Å². The van der Waals surface area contributed by atoms with Gasteiger partial charge >= 0.3 is 6.09 Å². The van der Waals surface area contributed by atoms with Crippen LogP contribution in [0.2, 0.25) is 13.1 Å². The van der Waals surface area contributed by atoms with E-state index in [1.165, 1.54) is 0 Å². The zero-order valence-electron chi connectivity index (χ0n) is 33.6. The van der Waals surface area contributed by atoms with Crippen LogP contribution in [0.4, 0.5) is 4.79 Å². The molecule has 1 heterocycles. The summed E-state index contributed by atoms with van der Waals surface area (Å²) >= 11 is 0. The van der Waals surface area contributed by atoms with E-state index in [0.717, 1.165) is 42.4 Å². The second-order valence-electron chi connectivity index (χ2n) is 16.2. The molecule has 1 aliphatic heterocycles. The number of ether oxygens (including phenoxy) is 1. The Morgan fingerprint density at radius 3 is 2.21 bits per heavy atom. The van der Waals surface area contributed by atoms with E-state index in [1.807, 2.05) is 62.2 Å². The Labute approximate surface area is 316 Å². The highest BCUT2D eigenvalue weighted by Crippen LogP contribution is 2.41. The Balaban J connectivity index is 2.06. The number of rotatable bonds is 18. The molecule has 52 heavy (non-hydrogen) atoms. The zero-order chi connectivity index (χ0) is 38.4. The summed E-state index contributed by atoms with van der Waals surface area (Å²) in [6.07, 6.45) is 3.49.